The smallest absolute Gasteiger partial charge is 0.256 e. The second kappa shape index (κ2) is 8.17. The summed E-state index contributed by atoms with van der Waals surface area (Å²) in [6.07, 6.45) is 9.82. The van der Waals surface area contributed by atoms with Gasteiger partial charge in [0.15, 0.2) is 5.82 Å². The van der Waals surface area contributed by atoms with Crippen LogP contribution in [0.3, 0.4) is 0 Å². The lowest BCUT2D eigenvalue weighted by Crippen LogP contribution is -2.33. The SMILES string of the molecule is C=C(CCCc1cccnc1)N1CCCc2c1nc(-c1ccccn1)[nH]c2=O. The molecule has 28 heavy (non-hydrogen) atoms. The zero-order chi connectivity index (χ0) is 19.3. The van der Waals surface area contributed by atoms with Gasteiger partial charge in [-0.3, -0.25) is 14.8 Å². The van der Waals surface area contributed by atoms with E-state index in [0.717, 1.165) is 55.7 Å². The van der Waals surface area contributed by atoms with Crippen molar-refractivity contribution in [3.63, 3.8) is 0 Å². The molecule has 1 aliphatic heterocycles. The maximum absolute atomic E-state index is 12.6. The van der Waals surface area contributed by atoms with Gasteiger partial charge < -0.3 is 9.88 Å². The van der Waals surface area contributed by atoms with Crippen LogP contribution in [0.4, 0.5) is 5.82 Å². The zero-order valence-electron chi connectivity index (χ0n) is 15.8. The van der Waals surface area contributed by atoms with Crippen molar-refractivity contribution in [3.8, 4) is 11.5 Å². The van der Waals surface area contributed by atoms with Crippen LogP contribution in [0.25, 0.3) is 11.5 Å². The van der Waals surface area contributed by atoms with Crippen molar-refractivity contribution >= 4 is 5.82 Å². The minimum absolute atomic E-state index is 0.0847. The van der Waals surface area contributed by atoms with Gasteiger partial charge in [0, 0.05) is 30.8 Å². The van der Waals surface area contributed by atoms with Gasteiger partial charge in [0.25, 0.3) is 5.56 Å². The molecule has 1 aliphatic rings. The number of pyridine rings is 2. The molecule has 0 radical (unpaired) electrons. The van der Waals surface area contributed by atoms with E-state index in [1.807, 2.05) is 30.5 Å². The highest BCUT2D eigenvalue weighted by Gasteiger charge is 2.24. The number of hydrogen-bond donors (Lipinski definition) is 1. The summed E-state index contributed by atoms with van der Waals surface area (Å²) in [6, 6.07) is 9.63. The van der Waals surface area contributed by atoms with Crippen LogP contribution < -0.4 is 10.5 Å². The highest BCUT2D eigenvalue weighted by Crippen LogP contribution is 2.28. The summed E-state index contributed by atoms with van der Waals surface area (Å²) in [6.45, 7) is 5.11. The van der Waals surface area contributed by atoms with Crippen LogP contribution in [0.2, 0.25) is 0 Å². The van der Waals surface area contributed by atoms with Crippen molar-refractivity contribution in [2.75, 3.05) is 11.4 Å². The molecule has 1 N–H and O–H groups in total. The third kappa shape index (κ3) is 3.86. The van der Waals surface area contributed by atoms with Crippen LogP contribution in [-0.4, -0.2) is 26.5 Å². The number of nitrogens with one attached hydrogen (secondary N) is 1. The highest BCUT2D eigenvalue weighted by atomic mass is 16.1. The van der Waals surface area contributed by atoms with E-state index < -0.39 is 0 Å². The second-order valence-corrected chi connectivity index (χ2v) is 6.97. The van der Waals surface area contributed by atoms with Crippen LogP contribution in [-0.2, 0) is 12.8 Å². The maximum Gasteiger partial charge on any atom is 0.256 e. The molecule has 3 aromatic heterocycles. The fourth-order valence-corrected chi connectivity index (χ4v) is 3.56. The van der Waals surface area contributed by atoms with Crippen molar-refractivity contribution < 1.29 is 0 Å². The number of nitrogens with zero attached hydrogens (tertiary/aromatic N) is 4. The fourth-order valence-electron chi connectivity index (χ4n) is 3.56. The molecule has 4 rings (SSSR count). The number of anilines is 1. The van der Waals surface area contributed by atoms with Gasteiger partial charge in [-0.05, 0) is 55.9 Å². The predicted octanol–water partition coefficient (Wildman–Crippen LogP) is 3.52. The lowest BCUT2D eigenvalue weighted by atomic mass is 10.0. The van der Waals surface area contributed by atoms with Crippen LogP contribution >= 0.6 is 0 Å². The Labute approximate surface area is 164 Å². The predicted molar refractivity (Wildman–Crippen MR) is 110 cm³/mol. The molecule has 6 nitrogen and oxygen atoms in total. The van der Waals surface area contributed by atoms with E-state index in [4.69, 9.17) is 4.98 Å². The Bertz CT molecular complexity index is 1010. The van der Waals surface area contributed by atoms with Crippen LogP contribution in [0.1, 0.15) is 30.4 Å². The van der Waals surface area contributed by atoms with E-state index in [1.54, 1.807) is 12.4 Å². The molecule has 0 amide bonds. The molecule has 6 heteroatoms. The summed E-state index contributed by atoms with van der Waals surface area (Å²) in [5, 5.41) is 0. The Balaban J connectivity index is 1.54. The van der Waals surface area contributed by atoms with Gasteiger partial charge in [0.2, 0.25) is 0 Å². The van der Waals surface area contributed by atoms with Gasteiger partial charge in [0.05, 0.1) is 5.56 Å². The molecule has 0 saturated carbocycles. The van der Waals surface area contributed by atoms with Crippen LogP contribution in [0.15, 0.2) is 66.0 Å². The summed E-state index contributed by atoms with van der Waals surface area (Å²) in [5.74, 6) is 1.22. The third-order valence-electron chi connectivity index (χ3n) is 5.00. The average molecular weight is 373 g/mol. The molecular formula is C22H23N5O. The molecule has 0 bridgehead atoms. The van der Waals surface area contributed by atoms with Gasteiger partial charge in [-0.2, -0.15) is 0 Å². The van der Waals surface area contributed by atoms with E-state index in [1.165, 1.54) is 5.56 Å². The highest BCUT2D eigenvalue weighted by molar-refractivity contribution is 5.59. The number of H-pyrrole nitrogens is 1. The molecule has 3 aromatic rings. The molecule has 0 aromatic carbocycles. The first-order valence-corrected chi connectivity index (χ1v) is 9.61. The van der Waals surface area contributed by atoms with Crippen molar-refractivity contribution in [1.29, 1.82) is 0 Å². The monoisotopic (exact) mass is 373 g/mol. The minimum atomic E-state index is -0.0847. The first-order valence-electron chi connectivity index (χ1n) is 9.61. The molecule has 0 aliphatic carbocycles. The van der Waals surface area contributed by atoms with Crippen LogP contribution in [0, 0.1) is 0 Å². The standard InChI is InChI=1S/C22H23N5O/c1-16(7-4-8-17-9-5-12-23-15-17)27-14-6-10-18-21(27)25-20(26-22(18)28)19-11-2-3-13-24-19/h2-3,5,9,11-13,15H,1,4,6-8,10,14H2,(H,25,26,28). The Kier molecular flexibility index (Phi) is 5.28. The summed E-state index contributed by atoms with van der Waals surface area (Å²) in [7, 11) is 0. The molecule has 0 unspecified atom stereocenters. The number of aromatic nitrogens is 4. The van der Waals surface area contributed by atoms with E-state index in [0.29, 0.717) is 11.5 Å². The van der Waals surface area contributed by atoms with Gasteiger partial charge >= 0.3 is 0 Å². The number of fused-ring (bicyclic) bond motifs is 1. The van der Waals surface area contributed by atoms with E-state index in [-0.39, 0.29) is 5.56 Å². The minimum Gasteiger partial charge on any atom is -0.330 e. The molecule has 0 spiro atoms. The molecule has 4 heterocycles. The lowest BCUT2D eigenvalue weighted by molar-refractivity contribution is 0.686. The molecule has 142 valence electrons. The van der Waals surface area contributed by atoms with Gasteiger partial charge in [-0.25, -0.2) is 4.98 Å². The number of hydrogen-bond acceptors (Lipinski definition) is 5. The number of allylic oxidation sites excluding steroid dienone is 1. The second-order valence-electron chi connectivity index (χ2n) is 6.97. The summed E-state index contributed by atoms with van der Waals surface area (Å²) in [5.41, 5.74) is 3.53. The van der Waals surface area contributed by atoms with Gasteiger partial charge in [-0.15, -0.1) is 0 Å². The molecule has 0 saturated heterocycles. The normalized spacial score (nSPS) is 13.2. The largest absolute Gasteiger partial charge is 0.330 e. The fraction of sp³-hybridized carbons (Fsp3) is 0.273. The molecular weight excluding hydrogens is 350 g/mol. The average Bonchev–Trinajstić information content (AvgIpc) is 2.74. The Morgan fingerprint density at radius 1 is 1.21 bits per heavy atom. The van der Waals surface area contributed by atoms with Crippen molar-refractivity contribution in [2.24, 2.45) is 0 Å². The molecule has 0 atom stereocenters. The topological polar surface area (TPSA) is 74.8 Å². The molecule has 0 fully saturated rings. The van der Waals surface area contributed by atoms with Gasteiger partial charge in [-0.1, -0.05) is 18.7 Å². The number of aromatic amines is 1. The summed E-state index contributed by atoms with van der Waals surface area (Å²) < 4.78 is 0. The van der Waals surface area contributed by atoms with E-state index in [2.05, 4.69) is 32.5 Å². The zero-order valence-corrected chi connectivity index (χ0v) is 15.8. The first kappa shape index (κ1) is 18.1. The number of rotatable bonds is 6. The van der Waals surface area contributed by atoms with E-state index >= 15 is 0 Å². The van der Waals surface area contributed by atoms with Crippen molar-refractivity contribution in [1.82, 2.24) is 19.9 Å². The number of aryl methyl sites for hydroxylation is 1. The third-order valence-corrected chi connectivity index (χ3v) is 5.00. The summed E-state index contributed by atoms with van der Waals surface area (Å²) in [4.78, 5) is 30.8. The Hall–Kier alpha value is -3.28. The van der Waals surface area contributed by atoms with Crippen molar-refractivity contribution in [2.45, 2.75) is 32.1 Å². The lowest BCUT2D eigenvalue weighted by Gasteiger charge is -2.31. The van der Waals surface area contributed by atoms with Gasteiger partial charge in [0.1, 0.15) is 11.5 Å². The maximum atomic E-state index is 12.6. The Morgan fingerprint density at radius 3 is 2.93 bits per heavy atom. The van der Waals surface area contributed by atoms with E-state index in [9.17, 15) is 4.79 Å². The summed E-state index contributed by atoms with van der Waals surface area (Å²) >= 11 is 0. The van der Waals surface area contributed by atoms with Crippen LogP contribution in [0.5, 0.6) is 0 Å². The first-order chi connectivity index (χ1) is 13.7. The Morgan fingerprint density at radius 2 is 2.14 bits per heavy atom. The van der Waals surface area contributed by atoms with Crippen molar-refractivity contribution in [3.05, 3.63) is 82.7 Å². The quantitative estimate of drug-likeness (QED) is 0.716.